The number of nitrogens with one attached hydrogen (secondary N) is 1. The molecule has 1 aliphatic heterocycles. The summed E-state index contributed by atoms with van der Waals surface area (Å²) in [5, 5.41) is 22.3. The number of anilines is 1. The number of nitriles is 1. The van der Waals surface area contributed by atoms with Gasteiger partial charge in [-0.2, -0.15) is 36.7 Å². The van der Waals surface area contributed by atoms with E-state index in [0.717, 1.165) is 42.4 Å². The van der Waals surface area contributed by atoms with E-state index >= 15 is 0 Å². The van der Waals surface area contributed by atoms with Gasteiger partial charge in [-0.15, -0.1) is 0 Å². The third-order valence-electron chi connectivity index (χ3n) is 7.12. The minimum absolute atomic E-state index is 0.314. The first kappa shape index (κ1) is 30.6. The number of carbonyl (C=O) groups is 2. The molecule has 0 bridgehead atoms. The van der Waals surface area contributed by atoms with Gasteiger partial charge in [0.25, 0.3) is 5.91 Å². The minimum Gasteiger partial charge on any atom is -0.475 e. The van der Waals surface area contributed by atoms with Crippen molar-refractivity contribution in [2.45, 2.75) is 50.5 Å². The second-order valence-corrected chi connectivity index (χ2v) is 9.85. The van der Waals surface area contributed by atoms with Crippen LogP contribution in [0.1, 0.15) is 52.0 Å². The Labute approximate surface area is 236 Å². The lowest BCUT2D eigenvalue weighted by Crippen LogP contribution is -2.41. The Morgan fingerprint density at radius 2 is 1.60 bits per heavy atom. The molecule has 0 saturated heterocycles. The molecular weight excluding hydrogens is 568 g/mol. The molecule has 1 fully saturated rings. The zero-order valence-corrected chi connectivity index (χ0v) is 22.0. The highest BCUT2D eigenvalue weighted by molar-refractivity contribution is 6.05. The van der Waals surface area contributed by atoms with E-state index in [1.54, 1.807) is 6.07 Å². The highest BCUT2D eigenvalue weighted by atomic mass is 19.4. The van der Waals surface area contributed by atoms with Crippen LogP contribution >= 0.6 is 0 Å². The summed E-state index contributed by atoms with van der Waals surface area (Å²) in [6.07, 6.45) is -3.27. The highest BCUT2D eigenvalue weighted by Gasteiger charge is 2.40. The minimum atomic E-state index is -5.08. The van der Waals surface area contributed by atoms with Crippen molar-refractivity contribution in [2.24, 2.45) is 0 Å². The second kappa shape index (κ2) is 12.2. The Bertz CT molecular complexity index is 1490. The molecule has 0 radical (unpaired) electrons. The largest absolute Gasteiger partial charge is 0.490 e. The summed E-state index contributed by atoms with van der Waals surface area (Å²) in [5.41, 5.74) is 1.66. The SMILES string of the molecule is N#Cc1ccc(-n2cc(C(=O)Nc3ccc4c(c3)CCN(C3CCC3)CC4)c(C(F)(F)F)n2)cc1.O=C(O)C(F)(F)F. The van der Waals surface area contributed by atoms with Gasteiger partial charge in [0.15, 0.2) is 5.69 Å². The van der Waals surface area contributed by atoms with Crippen molar-refractivity contribution in [3.63, 3.8) is 0 Å². The van der Waals surface area contributed by atoms with E-state index in [-0.39, 0.29) is 0 Å². The molecular formula is C28H25F6N5O3. The fourth-order valence-electron chi connectivity index (χ4n) is 4.71. The van der Waals surface area contributed by atoms with Crippen LogP contribution in [0.4, 0.5) is 32.0 Å². The van der Waals surface area contributed by atoms with Crippen molar-refractivity contribution >= 4 is 17.6 Å². The van der Waals surface area contributed by atoms with Crippen molar-refractivity contribution in [1.29, 1.82) is 5.26 Å². The molecule has 1 saturated carbocycles. The lowest BCUT2D eigenvalue weighted by atomic mass is 9.91. The summed E-state index contributed by atoms with van der Waals surface area (Å²) in [7, 11) is 0. The fraction of sp³-hybridized carbons (Fsp3) is 0.357. The van der Waals surface area contributed by atoms with Crippen molar-refractivity contribution in [1.82, 2.24) is 14.7 Å². The van der Waals surface area contributed by atoms with Gasteiger partial charge in [-0.05, 0) is 73.2 Å². The lowest BCUT2D eigenvalue weighted by Gasteiger charge is -2.36. The van der Waals surface area contributed by atoms with E-state index in [9.17, 15) is 31.1 Å². The predicted octanol–water partition coefficient (Wildman–Crippen LogP) is 5.60. The van der Waals surface area contributed by atoms with Crippen molar-refractivity contribution < 1.29 is 41.0 Å². The number of alkyl halides is 6. The van der Waals surface area contributed by atoms with Crippen LogP contribution in [0, 0.1) is 11.3 Å². The number of fused-ring (bicyclic) bond motifs is 1. The second-order valence-electron chi connectivity index (χ2n) is 9.85. The summed E-state index contributed by atoms with van der Waals surface area (Å²) in [6.45, 7) is 1.96. The van der Waals surface area contributed by atoms with Crippen molar-refractivity contribution in [3.8, 4) is 11.8 Å². The van der Waals surface area contributed by atoms with Crippen molar-refractivity contribution in [2.75, 3.05) is 18.4 Å². The zero-order valence-electron chi connectivity index (χ0n) is 22.0. The number of amides is 1. The standard InChI is InChI=1S/C26H24F3N5O.C2HF3O2/c27-26(28,29)24-23(16-34(32-24)22-8-4-17(15-30)5-9-22)25(35)31-20-7-6-18-10-12-33(21-2-1-3-21)13-11-19(18)14-20;3-2(4,5)1(6)7/h4-9,14,16,21H,1-3,10-13H2,(H,31,35);(H,6,7). The molecule has 0 atom stereocenters. The molecule has 2 aromatic carbocycles. The first-order valence-electron chi connectivity index (χ1n) is 12.9. The van der Waals surface area contributed by atoms with Crippen LogP contribution in [0.3, 0.4) is 0 Å². The zero-order chi connectivity index (χ0) is 30.7. The number of rotatable bonds is 4. The van der Waals surface area contributed by atoms with Crippen LogP contribution in [0.15, 0.2) is 48.7 Å². The number of nitrogens with zero attached hydrogens (tertiary/aromatic N) is 4. The van der Waals surface area contributed by atoms with E-state index < -0.39 is 35.5 Å². The van der Waals surface area contributed by atoms with Gasteiger partial charge in [-0.3, -0.25) is 9.69 Å². The van der Waals surface area contributed by atoms with Gasteiger partial charge in [0.2, 0.25) is 0 Å². The lowest BCUT2D eigenvalue weighted by molar-refractivity contribution is -0.192. The molecule has 8 nitrogen and oxygen atoms in total. The molecule has 0 spiro atoms. The van der Waals surface area contributed by atoms with E-state index in [0.29, 0.717) is 23.0 Å². The van der Waals surface area contributed by atoms with Crippen LogP contribution in [-0.2, 0) is 23.8 Å². The van der Waals surface area contributed by atoms with Gasteiger partial charge in [0, 0.05) is 31.0 Å². The Kier molecular flexibility index (Phi) is 8.91. The van der Waals surface area contributed by atoms with E-state index in [4.69, 9.17) is 15.2 Å². The molecule has 42 heavy (non-hydrogen) atoms. The molecule has 2 heterocycles. The average molecular weight is 594 g/mol. The van der Waals surface area contributed by atoms with Crippen LogP contribution in [0.5, 0.6) is 0 Å². The van der Waals surface area contributed by atoms with Gasteiger partial charge >= 0.3 is 18.3 Å². The Balaban J connectivity index is 0.000000517. The molecule has 14 heteroatoms. The normalized spacial score (nSPS) is 15.7. The number of carboxylic acids is 1. The first-order valence-corrected chi connectivity index (χ1v) is 12.9. The summed E-state index contributed by atoms with van der Waals surface area (Å²) < 4.78 is 73.8. The first-order chi connectivity index (χ1) is 19.8. The fourth-order valence-corrected chi connectivity index (χ4v) is 4.71. The van der Waals surface area contributed by atoms with Gasteiger partial charge in [0.05, 0.1) is 22.9 Å². The molecule has 1 amide bonds. The average Bonchev–Trinajstić information content (AvgIpc) is 3.27. The number of carbonyl (C=O) groups excluding carboxylic acids is 1. The predicted molar refractivity (Wildman–Crippen MR) is 138 cm³/mol. The number of hydrogen-bond acceptors (Lipinski definition) is 5. The smallest absolute Gasteiger partial charge is 0.475 e. The van der Waals surface area contributed by atoms with Gasteiger partial charge in [0.1, 0.15) is 0 Å². The number of hydrogen-bond donors (Lipinski definition) is 2. The van der Waals surface area contributed by atoms with E-state index in [1.165, 1.54) is 49.1 Å². The Morgan fingerprint density at radius 1 is 0.976 bits per heavy atom. The molecule has 0 unspecified atom stereocenters. The highest BCUT2D eigenvalue weighted by Crippen LogP contribution is 2.32. The molecule has 2 aliphatic rings. The van der Waals surface area contributed by atoms with Gasteiger partial charge < -0.3 is 10.4 Å². The van der Waals surface area contributed by atoms with Crippen LogP contribution in [-0.4, -0.2) is 57.0 Å². The van der Waals surface area contributed by atoms with Crippen LogP contribution in [0.25, 0.3) is 5.69 Å². The van der Waals surface area contributed by atoms with Crippen LogP contribution < -0.4 is 5.32 Å². The van der Waals surface area contributed by atoms with E-state index in [2.05, 4.69) is 15.3 Å². The molecule has 1 aromatic heterocycles. The molecule has 5 rings (SSSR count). The topological polar surface area (TPSA) is 111 Å². The maximum Gasteiger partial charge on any atom is 0.490 e. The summed E-state index contributed by atoms with van der Waals surface area (Å²) in [6, 6.07) is 14.1. The number of benzene rings is 2. The molecule has 222 valence electrons. The third kappa shape index (κ3) is 7.27. The number of halogens is 6. The third-order valence-corrected chi connectivity index (χ3v) is 7.12. The monoisotopic (exact) mass is 593 g/mol. The molecule has 1 aliphatic carbocycles. The van der Waals surface area contributed by atoms with Gasteiger partial charge in [-0.25, -0.2) is 9.48 Å². The summed E-state index contributed by atoms with van der Waals surface area (Å²) >= 11 is 0. The maximum atomic E-state index is 13.7. The van der Waals surface area contributed by atoms with Crippen LogP contribution in [0.2, 0.25) is 0 Å². The molecule has 3 aromatic rings. The molecule has 2 N–H and O–H groups in total. The number of carboxylic acid groups (broad SMARTS) is 1. The Hall–Kier alpha value is -4.38. The number of aromatic nitrogens is 2. The van der Waals surface area contributed by atoms with Crippen molar-refractivity contribution in [3.05, 3.63) is 76.6 Å². The van der Waals surface area contributed by atoms with E-state index in [1.807, 2.05) is 18.2 Å². The number of aliphatic carboxylic acids is 1. The Morgan fingerprint density at radius 3 is 2.12 bits per heavy atom. The van der Waals surface area contributed by atoms with Gasteiger partial charge in [-0.1, -0.05) is 12.5 Å². The summed E-state index contributed by atoms with van der Waals surface area (Å²) in [5.74, 6) is -3.63. The maximum absolute atomic E-state index is 13.7. The quantitative estimate of drug-likeness (QED) is 0.381. The summed E-state index contributed by atoms with van der Waals surface area (Å²) in [4.78, 5) is 24.4.